The number of ether oxygens (including phenoxy) is 1. The Morgan fingerprint density at radius 1 is 1.03 bits per heavy atom. The molecule has 7 nitrogen and oxygen atoms in total. The van der Waals surface area contributed by atoms with Crippen molar-refractivity contribution in [2.24, 2.45) is 0 Å². The van der Waals surface area contributed by atoms with Crippen LogP contribution in [0.2, 0.25) is 0 Å². The lowest BCUT2D eigenvalue weighted by Crippen LogP contribution is -2.60. The average molecular weight is 454 g/mol. The zero-order valence-corrected chi connectivity index (χ0v) is 19.1. The largest absolute Gasteiger partial charge is 0.378 e. The summed E-state index contributed by atoms with van der Waals surface area (Å²) in [6.45, 7) is 6.39. The van der Waals surface area contributed by atoms with Crippen LogP contribution in [0.25, 0.3) is 22.2 Å². The first-order valence-electron chi connectivity index (χ1n) is 10.9. The van der Waals surface area contributed by atoms with E-state index in [-0.39, 0.29) is 10.8 Å². The topological polar surface area (TPSA) is 82.7 Å². The number of carbonyl (C=O) groups is 1. The van der Waals surface area contributed by atoms with Crippen LogP contribution in [-0.4, -0.2) is 67.4 Å². The standard InChI is InChI=1S/C24H27N3O4S/c1-16-3-5-18-14-22(25-21(18)13-16)20-15-19(6-4-17(20)2)32(29,30)27-8-7-23(27)24(28)26-9-11-31-12-10-26/h3-6,13-15,23,25H,7-12H2,1-2H3/t23-/m0/s1. The second-order valence-corrected chi connectivity index (χ2v) is 10.5. The Hall–Kier alpha value is -2.68. The quantitative estimate of drug-likeness (QED) is 0.658. The van der Waals surface area contributed by atoms with Crippen molar-refractivity contribution in [1.82, 2.24) is 14.2 Å². The zero-order chi connectivity index (χ0) is 22.5. The molecule has 1 aromatic heterocycles. The summed E-state index contributed by atoms with van der Waals surface area (Å²) in [4.78, 5) is 18.2. The second-order valence-electron chi connectivity index (χ2n) is 8.61. The van der Waals surface area contributed by atoms with Gasteiger partial charge in [-0.1, -0.05) is 18.2 Å². The maximum absolute atomic E-state index is 13.4. The molecule has 1 atom stereocenters. The fourth-order valence-electron chi connectivity index (χ4n) is 4.47. The van der Waals surface area contributed by atoms with Gasteiger partial charge in [0, 0.05) is 41.8 Å². The van der Waals surface area contributed by atoms with Gasteiger partial charge in [-0.2, -0.15) is 4.31 Å². The number of hydrogen-bond acceptors (Lipinski definition) is 4. The van der Waals surface area contributed by atoms with Gasteiger partial charge in [0.2, 0.25) is 15.9 Å². The summed E-state index contributed by atoms with van der Waals surface area (Å²) in [7, 11) is -3.78. The number of H-pyrrole nitrogens is 1. The Kier molecular flexibility index (Phi) is 5.31. The van der Waals surface area contributed by atoms with E-state index < -0.39 is 16.1 Å². The number of fused-ring (bicyclic) bond motifs is 1. The van der Waals surface area contributed by atoms with Gasteiger partial charge in [0.1, 0.15) is 6.04 Å². The van der Waals surface area contributed by atoms with Crippen molar-refractivity contribution in [3.8, 4) is 11.3 Å². The number of nitrogens with zero attached hydrogens (tertiary/aromatic N) is 2. The van der Waals surface area contributed by atoms with Crippen molar-refractivity contribution in [2.75, 3.05) is 32.8 Å². The van der Waals surface area contributed by atoms with Crippen LogP contribution in [0.4, 0.5) is 0 Å². The molecule has 2 saturated heterocycles. The van der Waals surface area contributed by atoms with E-state index in [0.717, 1.165) is 33.3 Å². The van der Waals surface area contributed by atoms with Crippen molar-refractivity contribution >= 4 is 26.8 Å². The number of rotatable bonds is 4. The molecule has 3 heterocycles. The highest BCUT2D eigenvalue weighted by Crippen LogP contribution is 2.33. The lowest BCUT2D eigenvalue weighted by atomic mass is 10.1. The fourth-order valence-corrected chi connectivity index (χ4v) is 6.12. The minimum Gasteiger partial charge on any atom is -0.378 e. The first-order chi connectivity index (χ1) is 15.3. The highest BCUT2D eigenvalue weighted by atomic mass is 32.2. The molecule has 2 aliphatic heterocycles. The molecule has 0 spiro atoms. The van der Waals surface area contributed by atoms with Crippen molar-refractivity contribution in [1.29, 1.82) is 0 Å². The van der Waals surface area contributed by atoms with Crippen molar-refractivity contribution in [2.45, 2.75) is 31.2 Å². The summed E-state index contributed by atoms with van der Waals surface area (Å²) in [5.74, 6) is -0.124. The molecule has 0 saturated carbocycles. The SMILES string of the molecule is Cc1ccc2cc(-c3cc(S(=O)(=O)N4CC[C@H]4C(=O)N4CCOCC4)ccc3C)[nH]c2c1. The lowest BCUT2D eigenvalue weighted by Gasteiger charge is -2.41. The van der Waals surface area contributed by atoms with Gasteiger partial charge >= 0.3 is 0 Å². The summed E-state index contributed by atoms with van der Waals surface area (Å²) >= 11 is 0. The zero-order valence-electron chi connectivity index (χ0n) is 18.3. The van der Waals surface area contributed by atoms with Gasteiger partial charge in [0.25, 0.3) is 0 Å². The molecular formula is C24H27N3O4S. The number of amides is 1. The van der Waals surface area contributed by atoms with Gasteiger partial charge in [-0.3, -0.25) is 4.79 Å². The predicted molar refractivity (Wildman–Crippen MR) is 123 cm³/mol. The second kappa shape index (κ2) is 8.03. The van der Waals surface area contributed by atoms with Crippen molar-refractivity contribution in [3.63, 3.8) is 0 Å². The first kappa shape index (κ1) is 21.2. The van der Waals surface area contributed by atoms with Crippen molar-refractivity contribution in [3.05, 3.63) is 53.6 Å². The Morgan fingerprint density at radius 3 is 2.53 bits per heavy atom. The van der Waals surface area contributed by atoms with Crippen LogP contribution in [0.3, 0.4) is 0 Å². The molecule has 2 aliphatic rings. The maximum Gasteiger partial charge on any atom is 0.243 e. The number of hydrogen-bond donors (Lipinski definition) is 1. The Morgan fingerprint density at radius 2 is 1.81 bits per heavy atom. The summed E-state index contributed by atoms with van der Waals surface area (Å²) in [5.41, 5.74) is 4.89. The third-order valence-corrected chi connectivity index (χ3v) is 8.37. The third-order valence-electron chi connectivity index (χ3n) is 6.46. The first-order valence-corrected chi connectivity index (χ1v) is 12.4. The molecule has 0 radical (unpaired) electrons. The van der Waals surface area contributed by atoms with E-state index in [1.165, 1.54) is 4.31 Å². The minimum atomic E-state index is -3.78. The molecule has 32 heavy (non-hydrogen) atoms. The molecule has 1 N–H and O–H groups in total. The van der Waals surface area contributed by atoms with Crippen LogP contribution >= 0.6 is 0 Å². The third kappa shape index (κ3) is 3.62. The summed E-state index contributed by atoms with van der Waals surface area (Å²) in [5, 5.41) is 1.08. The van der Waals surface area contributed by atoms with E-state index in [2.05, 4.69) is 23.2 Å². The number of nitrogens with one attached hydrogen (secondary N) is 1. The fraction of sp³-hybridized carbons (Fsp3) is 0.375. The molecule has 5 rings (SSSR count). The van der Waals surface area contributed by atoms with Gasteiger partial charge in [-0.05, 0) is 55.7 Å². The molecule has 2 aromatic carbocycles. The van der Waals surface area contributed by atoms with Gasteiger partial charge in [-0.15, -0.1) is 0 Å². The van der Waals surface area contributed by atoms with Gasteiger partial charge < -0.3 is 14.6 Å². The molecule has 8 heteroatoms. The Balaban J connectivity index is 1.45. The highest BCUT2D eigenvalue weighted by molar-refractivity contribution is 7.89. The predicted octanol–water partition coefficient (Wildman–Crippen LogP) is 3.07. The number of carbonyl (C=O) groups excluding carboxylic acids is 1. The number of benzene rings is 2. The van der Waals surface area contributed by atoms with Crippen molar-refractivity contribution < 1.29 is 17.9 Å². The van der Waals surface area contributed by atoms with Gasteiger partial charge in [0.15, 0.2) is 0 Å². The number of aromatic amines is 1. The smallest absolute Gasteiger partial charge is 0.243 e. The number of sulfonamides is 1. The normalized spacial score (nSPS) is 19.8. The molecule has 3 aromatic rings. The molecule has 0 unspecified atom stereocenters. The molecule has 0 bridgehead atoms. The van der Waals surface area contributed by atoms with E-state index in [9.17, 15) is 13.2 Å². The van der Waals surface area contributed by atoms with Gasteiger partial charge in [-0.25, -0.2) is 8.42 Å². The minimum absolute atomic E-state index is 0.124. The maximum atomic E-state index is 13.4. The molecule has 0 aliphatic carbocycles. The van der Waals surface area contributed by atoms with Crippen LogP contribution in [0.5, 0.6) is 0 Å². The molecular weight excluding hydrogens is 426 g/mol. The summed E-state index contributed by atoms with van der Waals surface area (Å²) < 4.78 is 33.5. The highest BCUT2D eigenvalue weighted by Gasteiger charge is 2.44. The van der Waals surface area contributed by atoms with E-state index in [4.69, 9.17) is 4.74 Å². The number of morpholine rings is 1. The Bertz CT molecular complexity index is 1290. The van der Waals surface area contributed by atoms with E-state index in [1.54, 1.807) is 17.0 Å². The number of aryl methyl sites for hydroxylation is 2. The lowest BCUT2D eigenvalue weighted by molar-refractivity contribution is -0.142. The summed E-state index contributed by atoms with van der Waals surface area (Å²) in [6, 6.07) is 12.8. The van der Waals surface area contributed by atoms with E-state index >= 15 is 0 Å². The van der Waals surface area contributed by atoms with E-state index in [0.29, 0.717) is 39.3 Å². The molecule has 1 amide bonds. The van der Waals surface area contributed by atoms with E-state index in [1.807, 2.05) is 26.0 Å². The van der Waals surface area contributed by atoms with Crippen LogP contribution in [0, 0.1) is 13.8 Å². The van der Waals surface area contributed by atoms with Crippen LogP contribution < -0.4 is 0 Å². The van der Waals surface area contributed by atoms with Crippen LogP contribution in [0.1, 0.15) is 17.5 Å². The Labute approximate surface area is 188 Å². The number of aromatic nitrogens is 1. The molecule has 168 valence electrons. The molecule has 2 fully saturated rings. The summed E-state index contributed by atoms with van der Waals surface area (Å²) in [6.07, 6.45) is 0.551. The average Bonchev–Trinajstić information content (AvgIpc) is 3.16. The van der Waals surface area contributed by atoms with Crippen LogP contribution in [0.15, 0.2) is 47.4 Å². The monoisotopic (exact) mass is 453 g/mol. The van der Waals surface area contributed by atoms with Gasteiger partial charge in [0.05, 0.1) is 18.1 Å². The van der Waals surface area contributed by atoms with Crippen LogP contribution in [-0.2, 0) is 19.6 Å².